The molecular formula is C17H20BrFN2O3. The Labute approximate surface area is 148 Å². The van der Waals surface area contributed by atoms with Crippen LogP contribution in [-0.2, 0) is 16.0 Å². The number of ether oxygens (including phenoxy) is 1. The fourth-order valence-corrected chi connectivity index (χ4v) is 3.69. The summed E-state index contributed by atoms with van der Waals surface area (Å²) < 4.78 is 19.8. The predicted molar refractivity (Wildman–Crippen MR) is 89.0 cm³/mol. The predicted octanol–water partition coefficient (Wildman–Crippen LogP) is 3.49. The molecule has 1 aromatic rings. The minimum Gasteiger partial charge on any atom is -0.444 e. The van der Waals surface area contributed by atoms with Gasteiger partial charge in [-0.1, -0.05) is 0 Å². The molecule has 1 aliphatic carbocycles. The molecule has 1 amide bonds. The topological polar surface area (TPSA) is 59.5 Å². The van der Waals surface area contributed by atoms with Crippen LogP contribution in [0.25, 0.3) is 0 Å². The van der Waals surface area contributed by atoms with E-state index in [0.717, 1.165) is 0 Å². The van der Waals surface area contributed by atoms with Crippen molar-refractivity contribution < 1.29 is 18.7 Å². The third kappa shape index (κ3) is 3.18. The maximum absolute atomic E-state index is 14.2. The number of carbonyl (C=O) groups excluding carboxylic acids is 2. The molecule has 0 aromatic carbocycles. The summed E-state index contributed by atoms with van der Waals surface area (Å²) in [4.78, 5) is 30.6. The number of halogens is 2. The van der Waals surface area contributed by atoms with Crippen molar-refractivity contribution in [2.45, 2.75) is 57.7 Å². The van der Waals surface area contributed by atoms with Crippen molar-refractivity contribution in [1.29, 1.82) is 0 Å². The van der Waals surface area contributed by atoms with E-state index < -0.39 is 23.6 Å². The number of ketones is 1. The van der Waals surface area contributed by atoms with Crippen LogP contribution in [0.1, 0.15) is 39.2 Å². The summed E-state index contributed by atoms with van der Waals surface area (Å²) in [7, 11) is 0. The van der Waals surface area contributed by atoms with Gasteiger partial charge >= 0.3 is 6.09 Å². The molecule has 1 unspecified atom stereocenters. The number of pyridine rings is 1. The number of carbonyl (C=O) groups is 2. The van der Waals surface area contributed by atoms with E-state index in [0.29, 0.717) is 18.4 Å². The Morgan fingerprint density at radius 3 is 2.75 bits per heavy atom. The summed E-state index contributed by atoms with van der Waals surface area (Å²) in [6.45, 7) is 5.36. The van der Waals surface area contributed by atoms with Gasteiger partial charge in [0.25, 0.3) is 0 Å². The van der Waals surface area contributed by atoms with Crippen LogP contribution in [0.2, 0.25) is 0 Å². The van der Waals surface area contributed by atoms with Crippen molar-refractivity contribution in [3.8, 4) is 0 Å². The number of amides is 1. The first-order chi connectivity index (χ1) is 11.2. The van der Waals surface area contributed by atoms with E-state index in [2.05, 4.69) is 20.9 Å². The number of piperidine rings is 2. The minimum absolute atomic E-state index is 0.000823. The second kappa shape index (κ2) is 6.10. The molecule has 2 bridgehead atoms. The first kappa shape index (κ1) is 17.3. The van der Waals surface area contributed by atoms with Gasteiger partial charge in [0, 0.05) is 24.6 Å². The van der Waals surface area contributed by atoms with Gasteiger partial charge in [-0.05, 0) is 61.2 Å². The highest BCUT2D eigenvalue weighted by atomic mass is 79.9. The van der Waals surface area contributed by atoms with E-state index in [9.17, 15) is 14.0 Å². The van der Waals surface area contributed by atoms with E-state index in [1.54, 1.807) is 26.8 Å². The molecule has 7 heteroatoms. The van der Waals surface area contributed by atoms with Gasteiger partial charge < -0.3 is 4.74 Å². The maximum Gasteiger partial charge on any atom is 0.411 e. The van der Waals surface area contributed by atoms with E-state index in [1.807, 2.05) is 0 Å². The van der Waals surface area contributed by atoms with Crippen molar-refractivity contribution in [2.24, 2.45) is 5.92 Å². The van der Waals surface area contributed by atoms with Crippen LogP contribution in [0.3, 0.4) is 0 Å². The van der Waals surface area contributed by atoms with Gasteiger partial charge in [-0.3, -0.25) is 9.69 Å². The molecule has 3 fully saturated rings. The Morgan fingerprint density at radius 2 is 2.12 bits per heavy atom. The molecule has 130 valence electrons. The zero-order valence-electron chi connectivity index (χ0n) is 13.9. The fraction of sp³-hybridized carbons (Fsp3) is 0.588. The lowest BCUT2D eigenvalue weighted by Gasteiger charge is -2.52. The number of hydrogen-bond donors (Lipinski definition) is 0. The average Bonchev–Trinajstić information content (AvgIpc) is 2.42. The van der Waals surface area contributed by atoms with Crippen LogP contribution >= 0.6 is 15.9 Å². The number of Topliss-reactive ketones (excluding diaryl/α,β-unsaturated/α-hetero) is 1. The smallest absolute Gasteiger partial charge is 0.411 e. The van der Waals surface area contributed by atoms with Gasteiger partial charge in [0.1, 0.15) is 10.2 Å². The van der Waals surface area contributed by atoms with Crippen molar-refractivity contribution in [2.75, 3.05) is 0 Å². The molecular weight excluding hydrogens is 379 g/mol. The molecule has 0 spiro atoms. The zero-order valence-corrected chi connectivity index (χ0v) is 15.5. The molecule has 5 nitrogen and oxygen atoms in total. The Bertz CT molecular complexity index is 683. The molecule has 4 rings (SSSR count). The van der Waals surface area contributed by atoms with E-state index in [-0.39, 0.29) is 28.8 Å². The first-order valence-corrected chi connectivity index (χ1v) is 8.80. The number of hydrogen-bond acceptors (Lipinski definition) is 4. The van der Waals surface area contributed by atoms with Crippen molar-refractivity contribution in [3.63, 3.8) is 0 Å². The van der Waals surface area contributed by atoms with Crippen LogP contribution < -0.4 is 0 Å². The molecule has 0 radical (unpaired) electrons. The Balaban J connectivity index is 1.86. The highest BCUT2D eigenvalue weighted by Crippen LogP contribution is 2.42. The minimum atomic E-state index is -0.679. The molecule has 2 aliphatic heterocycles. The van der Waals surface area contributed by atoms with Crippen molar-refractivity contribution in [1.82, 2.24) is 9.88 Å². The van der Waals surface area contributed by atoms with Crippen LogP contribution in [0.5, 0.6) is 0 Å². The second-order valence-electron chi connectivity index (χ2n) is 7.41. The van der Waals surface area contributed by atoms with Crippen LogP contribution in [0, 0.1) is 11.7 Å². The Morgan fingerprint density at radius 1 is 1.46 bits per heavy atom. The van der Waals surface area contributed by atoms with Crippen LogP contribution in [0.15, 0.2) is 16.9 Å². The zero-order chi connectivity index (χ0) is 17.6. The Kier molecular flexibility index (Phi) is 4.40. The standard InChI is InChI=1S/C17H20BrFN2O3/c1-17(2,3)24-16(23)21-11-6-10(7-11)14(22)12(21)8-9-4-5-20-15(18)13(9)19/h4-5,10-12H,6-8H2,1-3H3. The Hall–Kier alpha value is -1.50. The fourth-order valence-electron chi connectivity index (χ4n) is 3.32. The normalized spacial score (nSPS) is 26.1. The summed E-state index contributed by atoms with van der Waals surface area (Å²) in [5, 5.41) is 0. The van der Waals surface area contributed by atoms with Crippen LogP contribution in [-0.4, -0.2) is 39.4 Å². The van der Waals surface area contributed by atoms with Gasteiger partial charge in [-0.25, -0.2) is 14.2 Å². The second-order valence-corrected chi connectivity index (χ2v) is 8.16. The van der Waals surface area contributed by atoms with Crippen molar-refractivity contribution >= 4 is 27.8 Å². The molecule has 3 heterocycles. The lowest BCUT2D eigenvalue weighted by atomic mass is 9.69. The van der Waals surface area contributed by atoms with Gasteiger partial charge in [0.15, 0.2) is 11.6 Å². The summed E-state index contributed by atoms with van der Waals surface area (Å²) in [6, 6.07) is 0.864. The molecule has 1 atom stereocenters. The molecule has 3 aliphatic rings. The molecule has 24 heavy (non-hydrogen) atoms. The van der Waals surface area contributed by atoms with Gasteiger partial charge in [0.05, 0.1) is 6.04 Å². The maximum atomic E-state index is 14.2. The van der Waals surface area contributed by atoms with E-state index >= 15 is 0 Å². The van der Waals surface area contributed by atoms with Gasteiger partial charge in [-0.15, -0.1) is 0 Å². The highest BCUT2D eigenvalue weighted by molar-refractivity contribution is 9.10. The lowest BCUT2D eigenvalue weighted by Crippen LogP contribution is -2.65. The average molecular weight is 399 g/mol. The number of aromatic nitrogens is 1. The van der Waals surface area contributed by atoms with E-state index in [4.69, 9.17) is 4.74 Å². The lowest BCUT2D eigenvalue weighted by molar-refractivity contribution is -0.144. The first-order valence-electron chi connectivity index (χ1n) is 8.01. The van der Waals surface area contributed by atoms with Crippen molar-refractivity contribution in [3.05, 3.63) is 28.2 Å². The summed E-state index contributed by atoms with van der Waals surface area (Å²) in [5.74, 6) is -0.517. The third-order valence-electron chi connectivity index (χ3n) is 4.52. The van der Waals surface area contributed by atoms with E-state index in [1.165, 1.54) is 11.1 Å². The molecule has 1 aromatic heterocycles. The quantitative estimate of drug-likeness (QED) is 0.715. The molecule has 1 saturated carbocycles. The summed E-state index contributed by atoms with van der Waals surface area (Å²) >= 11 is 3.05. The largest absolute Gasteiger partial charge is 0.444 e. The SMILES string of the molecule is CC(C)(C)OC(=O)N1C2CC(C2)C(=O)C1Cc1ccnc(Br)c1F. The highest BCUT2D eigenvalue weighted by Gasteiger charge is 2.53. The third-order valence-corrected chi connectivity index (χ3v) is 5.07. The molecule has 0 N–H and O–H groups in total. The van der Waals surface area contributed by atoms with Crippen LogP contribution in [0.4, 0.5) is 9.18 Å². The number of nitrogens with zero attached hydrogens (tertiary/aromatic N) is 2. The summed E-state index contributed by atoms with van der Waals surface area (Å²) in [5.41, 5.74) is -0.277. The molecule has 2 saturated heterocycles. The number of rotatable bonds is 2. The monoisotopic (exact) mass is 398 g/mol. The van der Waals surface area contributed by atoms with Gasteiger partial charge in [0.2, 0.25) is 0 Å². The summed E-state index contributed by atoms with van der Waals surface area (Å²) in [6.07, 6.45) is 2.47. The van der Waals surface area contributed by atoms with Gasteiger partial charge in [-0.2, -0.15) is 0 Å². The number of fused-ring (bicyclic) bond motifs is 2.